The van der Waals surface area contributed by atoms with Crippen LogP contribution in [-0.4, -0.2) is 39.0 Å². The number of methoxy groups -OCH3 is 1. The molecule has 5 N–H and O–H groups in total. The zero-order valence-electron chi connectivity index (χ0n) is 18.2. The Morgan fingerprint density at radius 1 is 0.971 bits per heavy atom. The molecule has 13 heteroatoms. The van der Waals surface area contributed by atoms with Gasteiger partial charge in [0, 0.05) is 16.5 Å². The van der Waals surface area contributed by atoms with Gasteiger partial charge in [-0.05, 0) is 42.8 Å². The van der Waals surface area contributed by atoms with E-state index in [2.05, 4.69) is 0 Å². The van der Waals surface area contributed by atoms with Crippen LogP contribution in [-0.2, 0) is 25.0 Å². The van der Waals surface area contributed by atoms with Crippen LogP contribution in [0, 0.1) is 12.3 Å². The van der Waals surface area contributed by atoms with E-state index in [-0.39, 0.29) is 27.6 Å². The molecule has 2 aromatic carbocycles. The molecule has 2 aromatic rings. The van der Waals surface area contributed by atoms with Crippen molar-refractivity contribution in [2.45, 2.75) is 16.7 Å². The summed E-state index contributed by atoms with van der Waals surface area (Å²) in [5.74, 6) is -1.31. The summed E-state index contributed by atoms with van der Waals surface area (Å²) in [4.78, 5) is 10.8. The van der Waals surface area contributed by atoms with Gasteiger partial charge in [-0.15, -0.1) is 0 Å². The molecule has 0 amide bonds. The summed E-state index contributed by atoms with van der Waals surface area (Å²) in [6.45, 7) is 1.73. The number of benzene rings is 3. The lowest BCUT2D eigenvalue weighted by Gasteiger charge is -2.20. The molecule has 0 aromatic heterocycles. The van der Waals surface area contributed by atoms with E-state index >= 15 is 0 Å². The van der Waals surface area contributed by atoms with Gasteiger partial charge < -0.3 is 14.9 Å². The molecule has 0 spiro atoms. The zero-order valence-corrected chi connectivity index (χ0v) is 19.8. The van der Waals surface area contributed by atoms with E-state index in [1.807, 2.05) is 0 Å². The third kappa shape index (κ3) is 4.04. The van der Waals surface area contributed by atoms with Crippen molar-refractivity contribution in [3.05, 3.63) is 58.9 Å². The largest absolute Gasteiger partial charge is 0.465 e. The first-order valence-electron chi connectivity index (χ1n) is 9.76. The summed E-state index contributed by atoms with van der Waals surface area (Å²) in [5, 5.41) is 7.43. The number of esters is 1. The summed E-state index contributed by atoms with van der Waals surface area (Å²) < 4.78 is 79.0. The lowest BCUT2D eigenvalue weighted by molar-refractivity contribution is 0.0601. The first-order valence-corrected chi connectivity index (χ1v) is 12.6. The lowest BCUT2D eigenvalue weighted by atomic mass is 9.89. The van der Waals surface area contributed by atoms with Crippen molar-refractivity contribution >= 4 is 42.9 Å². The van der Waals surface area contributed by atoms with Gasteiger partial charge in [-0.2, -0.15) is 16.8 Å². The van der Waals surface area contributed by atoms with E-state index in [0.717, 1.165) is 6.07 Å². The second-order valence-corrected chi connectivity index (χ2v) is 10.4. The van der Waals surface area contributed by atoms with E-state index in [4.69, 9.17) is 20.3 Å². The number of nitrogens with two attached hydrogens (primary N) is 1. The number of nitrogen functional groups attached to an aromatic ring is 1. The van der Waals surface area contributed by atoms with Crippen molar-refractivity contribution in [1.29, 1.82) is 5.41 Å². The SMILES string of the molecule is COC(=O)c1ccc(C)cc1-c1c2ccc(=N)c(S(=O)(=O)O)c-2oc2c(S(=O)(=O)O)c(N)ccc12. The zero-order chi connectivity index (χ0) is 25.9. The third-order valence-corrected chi connectivity index (χ3v) is 7.22. The summed E-state index contributed by atoms with van der Waals surface area (Å²) in [6.07, 6.45) is 0. The quantitative estimate of drug-likeness (QED) is 0.135. The average Bonchev–Trinajstić information content (AvgIpc) is 2.74. The number of nitrogens with one attached hydrogen (secondary N) is 1. The van der Waals surface area contributed by atoms with Crippen LogP contribution in [0.4, 0.5) is 5.69 Å². The molecule has 0 saturated carbocycles. The second kappa shape index (κ2) is 8.16. The van der Waals surface area contributed by atoms with Crippen LogP contribution in [0.3, 0.4) is 0 Å². The molecule has 0 atom stereocenters. The van der Waals surface area contributed by atoms with Gasteiger partial charge in [0.1, 0.15) is 0 Å². The molecule has 1 heterocycles. The molecule has 4 rings (SSSR count). The molecule has 0 unspecified atom stereocenters. The molecule has 0 fully saturated rings. The molecule has 1 aliphatic carbocycles. The van der Waals surface area contributed by atoms with E-state index < -0.39 is 58.4 Å². The first kappa shape index (κ1) is 24.3. The van der Waals surface area contributed by atoms with Crippen LogP contribution in [0.15, 0.2) is 56.7 Å². The standard InChI is InChI=1S/C22H18N2O9S2/c1-10-3-4-11(22(25)32-2)14(9-10)17-12-5-7-15(23)20(34(26,27)28)18(12)33-19-13(17)6-8-16(24)21(19)35(29,30)31/h3-9,23H,24H2,1-2H3,(H,26,27,28)(H,29,30,31). The van der Waals surface area contributed by atoms with Gasteiger partial charge in [0.25, 0.3) is 20.2 Å². The highest BCUT2D eigenvalue weighted by Crippen LogP contribution is 2.45. The fourth-order valence-corrected chi connectivity index (χ4v) is 5.43. The molecular weight excluding hydrogens is 500 g/mol. The Hall–Kier alpha value is -3.78. The number of hydrogen-bond donors (Lipinski definition) is 4. The summed E-state index contributed by atoms with van der Waals surface area (Å²) >= 11 is 0. The molecule has 35 heavy (non-hydrogen) atoms. The molecule has 0 radical (unpaired) electrons. The normalized spacial score (nSPS) is 12.2. The van der Waals surface area contributed by atoms with E-state index in [0.29, 0.717) is 5.56 Å². The van der Waals surface area contributed by atoms with Crippen LogP contribution in [0.5, 0.6) is 0 Å². The van der Waals surface area contributed by atoms with Gasteiger partial charge in [-0.3, -0.25) is 14.5 Å². The van der Waals surface area contributed by atoms with Crippen molar-refractivity contribution in [3.63, 3.8) is 0 Å². The molecule has 0 bridgehead atoms. The maximum atomic E-state index is 12.6. The van der Waals surface area contributed by atoms with Gasteiger partial charge >= 0.3 is 5.97 Å². The third-order valence-electron chi connectivity index (χ3n) is 5.36. The Morgan fingerprint density at radius 3 is 2.23 bits per heavy atom. The number of aryl methyl sites for hydroxylation is 1. The lowest BCUT2D eigenvalue weighted by Crippen LogP contribution is -2.16. The van der Waals surface area contributed by atoms with Crippen molar-refractivity contribution in [1.82, 2.24) is 0 Å². The van der Waals surface area contributed by atoms with Crippen molar-refractivity contribution < 1.29 is 39.9 Å². The minimum Gasteiger partial charge on any atom is -0.465 e. The maximum absolute atomic E-state index is 12.6. The maximum Gasteiger partial charge on any atom is 0.338 e. The minimum absolute atomic E-state index is 0.0305. The summed E-state index contributed by atoms with van der Waals surface area (Å²) in [6, 6.07) is 9.71. The monoisotopic (exact) mass is 518 g/mol. The van der Waals surface area contributed by atoms with E-state index in [1.165, 1.54) is 31.4 Å². The Bertz CT molecular complexity index is 1790. The van der Waals surface area contributed by atoms with Crippen LogP contribution >= 0.6 is 0 Å². The van der Waals surface area contributed by atoms with Crippen LogP contribution in [0.25, 0.3) is 33.4 Å². The molecular formula is C22H18N2O9S2. The van der Waals surface area contributed by atoms with E-state index in [9.17, 15) is 30.7 Å². The highest BCUT2D eigenvalue weighted by molar-refractivity contribution is 7.86. The number of carbonyl (C=O) groups excluding carboxylic acids is 1. The highest BCUT2D eigenvalue weighted by Gasteiger charge is 2.31. The number of hydrogen-bond acceptors (Lipinski definition) is 9. The number of fused-ring (bicyclic) bond motifs is 2. The van der Waals surface area contributed by atoms with Gasteiger partial charge in [-0.1, -0.05) is 17.7 Å². The average molecular weight is 519 g/mol. The summed E-state index contributed by atoms with van der Waals surface area (Å²) in [7, 11) is -8.87. The van der Waals surface area contributed by atoms with Crippen LogP contribution in [0.2, 0.25) is 0 Å². The Balaban J connectivity index is 2.40. The smallest absolute Gasteiger partial charge is 0.338 e. The van der Waals surface area contributed by atoms with Crippen molar-refractivity contribution in [2.24, 2.45) is 0 Å². The second-order valence-electron chi connectivity index (χ2n) is 7.65. The fourth-order valence-electron chi connectivity index (χ4n) is 3.95. The van der Waals surface area contributed by atoms with Crippen molar-refractivity contribution in [3.8, 4) is 22.5 Å². The number of carbonyl (C=O) groups is 1. The predicted molar refractivity (Wildman–Crippen MR) is 124 cm³/mol. The van der Waals surface area contributed by atoms with E-state index in [1.54, 1.807) is 19.1 Å². The first-order chi connectivity index (χ1) is 16.3. The number of rotatable bonds is 4. The molecule has 1 aliphatic heterocycles. The van der Waals surface area contributed by atoms with Gasteiger partial charge in [0.05, 0.1) is 23.7 Å². The molecule has 0 saturated heterocycles. The van der Waals surface area contributed by atoms with Crippen molar-refractivity contribution in [2.75, 3.05) is 12.8 Å². The predicted octanol–water partition coefficient (Wildman–Crippen LogP) is 2.85. The van der Waals surface area contributed by atoms with Crippen LogP contribution < -0.4 is 11.1 Å². The Kier molecular flexibility index (Phi) is 5.68. The van der Waals surface area contributed by atoms with Gasteiger partial charge in [0.15, 0.2) is 21.1 Å². The Labute approximate surface area is 199 Å². The topological polar surface area (TPSA) is 198 Å². The molecule has 2 aliphatic rings. The molecule has 182 valence electrons. The number of anilines is 1. The van der Waals surface area contributed by atoms with Gasteiger partial charge in [-0.25, -0.2) is 4.79 Å². The molecule has 11 nitrogen and oxygen atoms in total. The number of ether oxygens (including phenoxy) is 1. The fraction of sp³-hybridized carbons (Fsp3) is 0.0909. The minimum atomic E-state index is -5.04. The highest BCUT2D eigenvalue weighted by atomic mass is 32.2. The van der Waals surface area contributed by atoms with Crippen LogP contribution in [0.1, 0.15) is 15.9 Å². The Morgan fingerprint density at radius 2 is 1.63 bits per heavy atom. The van der Waals surface area contributed by atoms with Gasteiger partial charge in [0.2, 0.25) is 0 Å². The summed E-state index contributed by atoms with van der Waals surface area (Å²) in [5.41, 5.74) is 5.98.